The van der Waals surface area contributed by atoms with E-state index in [1.54, 1.807) is 0 Å². The van der Waals surface area contributed by atoms with Gasteiger partial charge in [-0.1, -0.05) is 27.7 Å². The first-order valence-corrected chi connectivity index (χ1v) is 9.07. The zero-order chi connectivity index (χ0) is 26.9. The minimum atomic E-state index is -1.31. The van der Waals surface area contributed by atoms with Gasteiger partial charge < -0.3 is 39.6 Å². The molecule has 12 nitrogen and oxygen atoms in total. The molecule has 13 heteroatoms. The van der Waals surface area contributed by atoms with E-state index in [0.29, 0.717) is 0 Å². The van der Waals surface area contributed by atoms with Crippen molar-refractivity contribution in [2.24, 2.45) is 23.7 Å². The molecule has 4 atom stereocenters. The van der Waals surface area contributed by atoms with Gasteiger partial charge in [-0.3, -0.25) is 19.2 Å². The molecule has 184 valence electrons. The smallest absolute Gasteiger partial charge is 0.549 e. The van der Waals surface area contributed by atoms with E-state index in [2.05, 4.69) is 0 Å². The molecule has 0 saturated heterocycles. The predicted octanol–water partition coefficient (Wildman–Crippen LogP) is -4.16. The summed E-state index contributed by atoms with van der Waals surface area (Å²) >= 11 is 0. The Kier molecular flexibility index (Phi) is 26.0. The van der Waals surface area contributed by atoms with E-state index in [4.69, 9.17) is 0 Å². The number of carbonyl (C=O) groups excluding carboxylic acids is 8. The third-order valence-corrected chi connectivity index (χ3v) is 3.85. The molecule has 0 rings (SSSR count). The van der Waals surface area contributed by atoms with Gasteiger partial charge in [0, 0.05) is 0 Å². The van der Waals surface area contributed by atoms with E-state index in [0.717, 1.165) is 0 Å². The van der Waals surface area contributed by atoms with Gasteiger partial charge in [0.05, 0.1) is 47.5 Å². The fourth-order valence-corrected chi connectivity index (χ4v) is 0.664. The van der Waals surface area contributed by atoms with Crippen LogP contribution >= 0.6 is 0 Å². The number of carbonyl (C=O) groups is 8. The SMILES string of the molecule is CC(=O)C(C)C(=O)[O-].CC(=O)C(C)C(=O)[O-].CC(=O)C(C)C(=O)[O-].CC(=O)C(C)C(=O)[O-].[Ti+4]. The maximum Gasteiger partial charge on any atom is 4.00 e. The molecular weight excluding hydrogens is 480 g/mol. The maximum absolute atomic E-state index is 10.2. The van der Waals surface area contributed by atoms with Crippen LogP contribution in [-0.2, 0) is 60.1 Å². The van der Waals surface area contributed by atoms with Crippen LogP contribution in [0, 0.1) is 23.7 Å². The van der Waals surface area contributed by atoms with E-state index < -0.39 is 47.5 Å². The first-order valence-electron chi connectivity index (χ1n) is 9.07. The maximum atomic E-state index is 10.2. The molecule has 33 heavy (non-hydrogen) atoms. The Morgan fingerprint density at radius 3 is 0.485 bits per heavy atom. The van der Waals surface area contributed by atoms with Crippen LogP contribution in [0.15, 0.2) is 0 Å². The molecule has 0 aromatic rings. The molecular formula is C20H28O12Ti. The van der Waals surface area contributed by atoms with Crippen molar-refractivity contribution in [3.63, 3.8) is 0 Å². The summed E-state index contributed by atoms with van der Waals surface area (Å²) in [5, 5.41) is 39.2. The van der Waals surface area contributed by atoms with Crippen LogP contribution in [0.3, 0.4) is 0 Å². The van der Waals surface area contributed by atoms with Crippen molar-refractivity contribution in [1.29, 1.82) is 0 Å². The minimum absolute atomic E-state index is 0. The Hall–Kier alpha value is -2.73. The summed E-state index contributed by atoms with van der Waals surface area (Å²) < 4.78 is 0. The number of hydrogen-bond donors (Lipinski definition) is 0. The standard InChI is InChI=1S/4C5H8O3.Ti/c4*1-3(4(2)6)5(7)8;/h4*3H,1-2H3,(H,7,8);/q;;;;+4/p-4. The molecule has 0 aromatic heterocycles. The normalized spacial score (nSPS) is 12.4. The number of hydrogen-bond acceptors (Lipinski definition) is 12. The van der Waals surface area contributed by atoms with Crippen LogP contribution < -0.4 is 20.4 Å². The molecule has 0 radical (unpaired) electrons. The van der Waals surface area contributed by atoms with Crippen molar-refractivity contribution in [1.82, 2.24) is 0 Å². The molecule has 0 spiro atoms. The summed E-state index contributed by atoms with van der Waals surface area (Å²) in [6.07, 6.45) is 0. The van der Waals surface area contributed by atoms with Gasteiger partial charge in [-0.2, -0.15) is 0 Å². The number of aliphatic carboxylic acids is 4. The van der Waals surface area contributed by atoms with Crippen LogP contribution in [0.25, 0.3) is 0 Å². The van der Waals surface area contributed by atoms with Crippen molar-refractivity contribution >= 4 is 47.0 Å². The molecule has 0 heterocycles. The van der Waals surface area contributed by atoms with Crippen molar-refractivity contribution in [3.8, 4) is 0 Å². The van der Waals surface area contributed by atoms with E-state index in [-0.39, 0.29) is 44.9 Å². The van der Waals surface area contributed by atoms with Gasteiger partial charge >= 0.3 is 21.7 Å². The van der Waals surface area contributed by atoms with Gasteiger partial charge in [0.1, 0.15) is 23.1 Å². The summed E-state index contributed by atoms with van der Waals surface area (Å²) in [6, 6.07) is 0. The summed E-state index contributed by atoms with van der Waals surface area (Å²) in [5.74, 6) is -10.6. The Morgan fingerprint density at radius 2 is 0.485 bits per heavy atom. The molecule has 4 unspecified atom stereocenters. The largest absolute Gasteiger partial charge is 4.00 e. The summed E-state index contributed by atoms with van der Waals surface area (Å²) in [5.41, 5.74) is 0. The van der Waals surface area contributed by atoms with Gasteiger partial charge in [0.25, 0.3) is 0 Å². The van der Waals surface area contributed by atoms with Gasteiger partial charge in [-0.15, -0.1) is 0 Å². The average molecular weight is 508 g/mol. The van der Waals surface area contributed by atoms with Gasteiger partial charge in [-0.25, -0.2) is 0 Å². The van der Waals surface area contributed by atoms with Crippen molar-refractivity contribution in [2.75, 3.05) is 0 Å². The average Bonchev–Trinajstić information content (AvgIpc) is 2.65. The molecule has 0 aliphatic heterocycles. The first-order chi connectivity index (χ1) is 14.2. The molecule has 0 aromatic carbocycles. The molecule has 0 aliphatic rings. The second-order valence-electron chi connectivity index (χ2n) is 6.61. The summed E-state index contributed by atoms with van der Waals surface area (Å²) in [7, 11) is 0. The summed E-state index contributed by atoms with van der Waals surface area (Å²) in [4.78, 5) is 79.9. The number of carboxylic acids is 4. The Morgan fingerprint density at radius 1 is 0.394 bits per heavy atom. The molecule has 0 bridgehead atoms. The third kappa shape index (κ3) is 25.4. The number of Topliss-reactive ketones (excluding diaryl/α,β-unsaturated/α-hetero) is 4. The Labute approximate surface area is 206 Å². The third-order valence-electron chi connectivity index (χ3n) is 3.85. The Balaban J connectivity index is -0.000000105. The minimum Gasteiger partial charge on any atom is -0.549 e. The van der Waals surface area contributed by atoms with Crippen LogP contribution in [0.4, 0.5) is 0 Å². The van der Waals surface area contributed by atoms with Gasteiger partial charge in [0.2, 0.25) is 0 Å². The molecule has 0 amide bonds. The predicted molar refractivity (Wildman–Crippen MR) is 99.4 cm³/mol. The van der Waals surface area contributed by atoms with E-state index in [1.165, 1.54) is 55.4 Å². The monoisotopic (exact) mass is 508 g/mol. The summed E-state index contributed by atoms with van der Waals surface area (Å²) in [6.45, 7) is 10.1. The van der Waals surface area contributed by atoms with Crippen molar-refractivity contribution in [2.45, 2.75) is 55.4 Å². The van der Waals surface area contributed by atoms with E-state index in [1.807, 2.05) is 0 Å². The molecule has 0 fully saturated rings. The van der Waals surface area contributed by atoms with Crippen LogP contribution in [0.1, 0.15) is 55.4 Å². The van der Waals surface area contributed by atoms with Gasteiger partial charge in [-0.05, 0) is 27.7 Å². The topological polar surface area (TPSA) is 229 Å². The number of carboxylic acid groups (broad SMARTS) is 4. The molecule has 0 aliphatic carbocycles. The number of rotatable bonds is 8. The second kappa shape index (κ2) is 21.1. The zero-order valence-electron chi connectivity index (χ0n) is 19.7. The molecule has 0 N–H and O–H groups in total. The quantitative estimate of drug-likeness (QED) is 0.225. The fraction of sp³-hybridized carbons (Fsp3) is 0.600. The van der Waals surface area contributed by atoms with Gasteiger partial charge in [0.15, 0.2) is 0 Å². The first kappa shape index (κ1) is 40.6. The van der Waals surface area contributed by atoms with E-state index in [9.17, 15) is 58.8 Å². The van der Waals surface area contributed by atoms with Crippen LogP contribution in [-0.4, -0.2) is 47.0 Å². The molecule has 0 saturated carbocycles. The second-order valence-corrected chi connectivity index (χ2v) is 6.61. The fourth-order valence-electron chi connectivity index (χ4n) is 0.664. The van der Waals surface area contributed by atoms with Crippen molar-refractivity contribution < 1.29 is 80.5 Å². The zero-order valence-corrected chi connectivity index (χ0v) is 21.3. The van der Waals surface area contributed by atoms with Crippen molar-refractivity contribution in [3.05, 3.63) is 0 Å². The van der Waals surface area contributed by atoms with Crippen LogP contribution in [0.5, 0.6) is 0 Å². The Bertz CT molecular complexity index is 538. The van der Waals surface area contributed by atoms with Crippen LogP contribution in [0.2, 0.25) is 0 Å². The van der Waals surface area contributed by atoms with E-state index >= 15 is 0 Å². The number of ketones is 4.